The number of carboxylic acids is 1. The van der Waals surface area contributed by atoms with E-state index in [-0.39, 0.29) is 11.8 Å². The van der Waals surface area contributed by atoms with Crippen molar-refractivity contribution >= 4 is 29.7 Å². The highest BCUT2D eigenvalue weighted by atomic mass is 32.2. The van der Waals surface area contributed by atoms with Crippen LogP contribution in [0.15, 0.2) is 30.3 Å². The highest BCUT2D eigenvalue weighted by molar-refractivity contribution is 7.99. The molecule has 0 aromatic heterocycles. The van der Waals surface area contributed by atoms with Crippen LogP contribution in [0.25, 0.3) is 6.08 Å². The summed E-state index contributed by atoms with van der Waals surface area (Å²) in [5.74, 6) is 1.31. The number of carbonyl (C=O) groups excluding carboxylic acids is 1. The second-order valence-electron chi connectivity index (χ2n) is 4.69. The Hall–Kier alpha value is -1.75. The first-order chi connectivity index (χ1) is 9.65. The Morgan fingerprint density at radius 3 is 2.70 bits per heavy atom. The van der Waals surface area contributed by atoms with Crippen molar-refractivity contribution in [2.45, 2.75) is 13.0 Å². The van der Waals surface area contributed by atoms with E-state index in [1.54, 1.807) is 6.08 Å². The summed E-state index contributed by atoms with van der Waals surface area (Å²) in [6.07, 6.45) is 3.62. The van der Waals surface area contributed by atoms with E-state index in [0.717, 1.165) is 35.1 Å². The molecule has 5 heteroatoms. The third-order valence-electron chi connectivity index (χ3n) is 3.17. The standard InChI is InChI=1S/C15H17NO3S/c17-14(18)6-5-11-1-3-12(4-2-11)9-16-15(19)13-7-8-20-10-13/h1-6,13H,7-10H2,(H,16,19)(H,17,18). The van der Waals surface area contributed by atoms with Crippen LogP contribution in [-0.2, 0) is 16.1 Å². The zero-order valence-electron chi connectivity index (χ0n) is 11.0. The molecule has 1 amide bonds. The molecule has 1 atom stereocenters. The van der Waals surface area contributed by atoms with Gasteiger partial charge in [-0.1, -0.05) is 24.3 Å². The first kappa shape index (κ1) is 14.7. The van der Waals surface area contributed by atoms with Gasteiger partial charge in [-0.3, -0.25) is 4.79 Å². The molecule has 1 aromatic carbocycles. The molecule has 4 nitrogen and oxygen atoms in total. The van der Waals surface area contributed by atoms with E-state index >= 15 is 0 Å². The molecule has 2 rings (SSSR count). The van der Waals surface area contributed by atoms with Crippen molar-refractivity contribution in [3.05, 3.63) is 41.5 Å². The van der Waals surface area contributed by atoms with Crippen LogP contribution in [-0.4, -0.2) is 28.5 Å². The van der Waals surface area contributed by atoms with Crippen molar-refractivity contribution in [3.8, 4) is 0 Å². The maximum Gasteiger partial charge on any atom is 0.328 e. The Kier molecular flexibility index (Phi) is 5.24. The lowest BCUT2D eigenvalue weighted by Gasteiger charge is -2.09. The highest BCUT2D eigenvalue weighted by Gasteiger charge is 2.22. The Bertz CT molecular complexity index is 504. The second-order valence-corrected chi connectivity index (χ2v) is 5.84. The van der Waals surface area contributed by atoms with Crippen molar-refractivity contribution in [2.75, 3.05) is 11.5 Å². The average Bonchev–Trinajstić information content (AvgIpc) is 2.98. The first-order valence-electron chi connectivity index (χ1n) is 6.50. The zero-order valence-corrected chi connectivity index (χ0v) is 11.9. The van der Waals surface area contributed by atoms with E-state index in [1.165, 1.54) is 0 Å². The van der Waals surface area contributed by atoms with Gasteiger partial charge >= 0.3 is 5.97 Å². The summed E-state index contributed by atoms with van der Waals surface area (Å²) >= 11 is 1.83. The summed E-state index contributed by atoms with van der Waals surface area (Å²) in [6.45, 7) is 0.517. The van der Waals surface area contributed by atoms with Gasteiger partial charge in [-0.25, -0.2) is 4.79 Å². The molecule has 0 aliphatic carbocycles. The molecule has 1 aromatic rings. The van der Waals surface area contributed by atoms with Gasteiger partial charge in [-0.15, -0.1) is 0 Å². The molecule has 1 fully saturated rings. The number of aliphatic carboxylic acids is 1. The summed E-state index contributed by atoms with van der Waals surface area (Å²) in [6, 6.07) is 7.47. The molecule has 1 heterocycles. The fraction of sp³-hybridized carbons (Fsp3) is 0.333. The van der Waals surface area contributed by atoms with Crippen LogP contribution in [0, 0.1) is 5.92 Å². The van der Waals surface area contributed by atoms with Crippen LogP contribution >= 0.6 is 11.8 Å². The summed E-state index contributed by atoms with van der Waals surface area (Å²) in [5, 5.41) is 11.5. The molecule has 106 valence electrons. The smallest absolute Gasteiger partial charge is 0.328 e. The molecule has 0 spiro atoms. The van der Waals surface area contributed by atoms with E-state index in [0.29, 0.717) is 6.54 Å². The van der Waals surface area contributed by atoms with E-state index in [2.05, 4.69) is 5.32 Å². The van der Waals surface area contributed by atoms with Crippen molar-refractivity contribution in [2.24, 2.45) is 5.92 Å². The molecular weight excluding hydrogens is 274 g/mol. The molecule has 0 saturated carbocycles. The summed E-state index contributed by atoms with van der Waals surface area (Å²) in [5.41, 5.74) is 1.84. The quantitative estimate of drug-likeness (QED) is 0.816. The minimum atomic E-state index is -0.962. The highest BCUT2D eigenvalue weighted by Crippen LogP contribution is 2.23. The fourth-order valence-corrected chi connectivity index (χ4v) is 3.21. The Balaban J connectivity index is 1.84. The Labute approximate surface area is 122 Å². The van der Waals surface area contributed by atoms with Crippen LogP contribution in [0.3, 0.4) is 0 Å². The predicted molar refractivity (Wildman–Crippen MR) is 80.4 cm³/mol. The van der Waals surface area contributed by atoms with Gasteiger partial charge in [0.15, 0.2) is 0 Å². The number of benzene rings is 1. The largest absolute Gasteiger partial charge is 0.478 e. The SMILES string of the molecule is O=C(O)C=Cc1ccc(CNC(=O)C2CCSC2)cc1. The maximum absolute atomic E-state index is 11.9. The molecule has 1 aliphatic heterocycles. The van der Waals surface area contributed by atoms with Gasteiger partial charge in [0.2, 0.25) is 5.91 Å². The summed E-state index contributed by atoms with van der Waals surface area (Å²) < 4.78 is 0. The molecular formula is C15H17NO3S. The minimum Gasteiger partial charge on any atom is -0.478 e. The molecule has 0 bridgehead atoms. The topological polar surface area (TPSA) is 66.4 Å². The van der Waals surface area contributed by atoms with E-state index in [4.69, 9.17) is 5.11 Å². The van der Waals surface area contributed by atoms with Crippen molar-refractivity contribution in [1.29, 1.82) is 0 Å². The van der Waals surface area contributed by atoms with Crippen LogP contribution in [0.4, 0.5) is 0 Å². The van der Waals surface area contributed by atoms with Gasteiger partial charge in [0, 0.05) is 24.3 Å². The number of amides is 1. The summed E-state index contributed by atoms with van der Waals surface area (Å²) in [7, 11) is 0. The maximum atomic E-state index is 11.9. The van der Waals surface area contributed by atoms with Gasteiger partial charge < -0.3 is 10.4 Å². The second kappa shape index (κ2) is 7.14. The first-order valence-corrected chi connectivity index (χ1v) is 7.66. The van der Waals surface area contributed by atoms with Gasteiger partial charge in [-0.05, 0) is 29.4 Å². The summed E-state index contributed by atoms with van der Waals surface area (Å²) in [4.78, 5) is 22.3. The molecule has 1 unspecified atom stereocenters. The van der Waals surface area contributed by atoms with Gasteiger partial charge in [0.05, 0.1) is 0 Å². The number of hydrogen-bond donors (Lipinski definition) is 2. The lowest BCUT2D eigenvalue weighted by atomic mass is 10.1. The average molecular weight is 291 g/mol. The molecule has 1 saturated heterocycles. The molecule has 20 heavy (non-hydrogen) atoms. The Morgan fingerprint density at radius 1 is 1.35 bits per heavy atom. The van der Waals surface area contributed by atoms with E-state index in [1.807, 2.05) is 36.0 Å². The van der Waals surface area contributed by atoms with E-state index < -0.39 is 5.97 Å². The number of thioether (sulfide) groups is 1. The fourth-order valence-electron chi connectivity index (χ4n) is 1.99. The zero-order chi connectivity index (χ0) is 14.4. The normalized spacial score (nSPS) is 18.3. The van der Waals surface area contributed by atoms with Gasteiger partial charge in [0.25, 0.3) is 0 Å². The number of carboxylic acid groups (broad SMARTS) is 1. The monoisotopic (exact) mass is 291 g/mol. The van der Waals surface area contributed by atoms with Crippen LogP contribution < -0.4 is 5.32 Å². The molecule has 2 N–H and O–H groups in total. The van der Waals surface area contributed by atoms with Crippen LogP contribution in [0.2, 0.25) is 0 Å². The number of nitrogens with one attached hydrogen (secondary N) is 1. The minimum absolute atomic E-state index is 0.129. The molecule has 1 aliphatic rings. The van der Waals surface area contributed by atoms with Crippen LogP contribution in [0.5, 0.6) is 0 Å². The van der Waals surface area contributed by atoms with Crippen molar-refractivity contribution in [3.63, 3.8) is 0 Å². The number of rotatable bonds is 5. The molecule has 0 radical (unpaired) electrons. The third-order valence-corrected chi connectivity index (χ3v) is 4.33. The Morgan fingerprint density at radius 2 is 2.10 bits per heavy atom. The third kappa shape index (κ3) is 4.42. The number of hydrogen-bond acceptors (Lipinski definition) is 3. The van der Waals surface area contributed by atoms with Crippen molar-refractivity contribution in [1.82, 2.24) is 5.32 Å². The van der Waals surface area contributed by atoms with Crippen molar-refractivity contribution < 1.29 is 14.7 Å². The van der Waals surface area contributed by atoms with Gasteiger partial charge in [-0.2, -0.15) is 11.8 Å². The van der Waals surface area contributed by atoms with Crippen LogP contribution in [0.1, 0.15) is 17.5 Å². The predicted octanol–water partition coefficient (Wildman–Crippen LogP) is 2.15. The number of carbonyl (C=O) groups is 2. The lowest BCUT2D eigenvalue weighted by Crippen LogP contribution is -2.30. The van der Waals surface area contributed by atoms with E-state index in [9.17, 15) is 9.59 Å². The lowest BCUT2D eigenvalue weighted by molar-refractivity contribution is -0.131. The van der Waals surface area contributed by atoms with Gasteiger partial charge in [0.1, 0.15) is 0 Å².